The first-order chi connectivity index (χ1) is 7.11. The van der Waals surface area contributed by atoms with Crippen LogP contribution in [0.1, 0.15) is 39.0 Å². The van der Waals surface area contributed by atoms with E-state index in [0.29, 0.717) is 12.7 Å². The molecule has 0 aromatic carbocycles. The highest BCUT2D eigenvalue weighted by atomic mass is 16.5. The maximum Gasteiger partial charge on any atom is 0.227 e. The molecule has 88 valence electrons. The molecule has 0 aromatic heterocycles. The Morgan fingerprint density at radius 3 is 2.47 bits per heavy atom. The number of amides is 1. The van der Waals surface area contributed by atoms with Crippen molar-refractivity contribution in [1.29, 1.82) is 0 Å². The third kappa shape index (κ3) is 4.20. The number of carbonyl (C=O) groups is 1. The van der Waals surface area contributed by atoms with Gasteiger partial charge in [0.05, 0.1) is 18.6 Å². The van der Waals surface area contributed by atoms with Gasteiger partial charge in [0.2, 0.25) is 5.91 Å². The van der Waals surface area contributed by atoms with Gasteiger partial charge in [-0.25, -0.2) is 0 Å². The average Bonchev–Trinajstić information content (AvgIpc) is 2.26. The van der Waals surface area contributed by atoms with E-state index in [-0.39, 0.29) is 11.8 Å². The summed E-state index contributed by atoms with van der Waals surface area (Å²) in [7, 11) is 3.58. The Morgan fingerprint density at radius 2 is 1.93 bits per heavy atom. The summed E-state index contributed by atoms with van der Waals surface area (Å²) in [6.07, 6.45) is 6.63. The van der Waals surface area contributed by atoms with Crippen LogP contribution in [-0.2, 0) is 9.53 Å². The van der Waals surface area contributed by atoms with Crippen LogP contribution in [0.2, 0.25) is 0 Å². The van der Waals surface area contributed by atoms with Crippen LogP contribution in [0.3, 0.4) is 0 Å². The standard InChI is InChI=1S/C12H23NO2/c1-10(12(14)13(2)3)9-15-11-7-5-4-6-8-11/h10-11H,4-9H2,1-3H3. The van der Waals surface area contributed by atoms with Gasteiger partial charge in [-0.15, -0.1) is 0 Å². The molecule has 1 rings (SSSR count). The SMILES string of the molecule is CC(COC1CCCCC1)C(=O)N(C)C. The Bertz CT molecular complexity index is 198. The Labute approximate surface area is 92.8 Å². The smallest absolute Gasteiger partial charge is 0.227 e. The molecule has 1 amide bonds. The molecule has 0 spiro atoms. The predicted molar refractivity (Wildman–Crippen MR) is 60.7 cm³/mol. The Morgan fingerprint density at radius 1 is 1.33 bits per heavy atom. The van der Waals surface area contributed by atoms with Gasteiger partial charge in [0.25, 0.3) is 0 Å². The number of carbonyl (C=O) groups excluding carboxylic acids is 1. The Kier molecular flexibility index (Phi) is 5.09. The van der Waals surface area contributed by atoms with E-state index in [1.165, 1.54) is 32.1 Å². The molecule has 0 N–H and O–H groups in total. The van der Waals surface area contributed by atoms with Crippen molar-refractivity contribution < 1.29 is 9.53 Å². The first-order valence-electron chi connectivity index (χ1n) is 5.94. The zero-order valence-corrected chi connectivity index (χ0v) is 10.2. The fraction of sp³-hybridized carbons (Fsp3) is 0.917. The third-order valence-electron chi connectivity index (χ3n) is 3.00. The van der Waals surface area contributed by atoms with E-state index in [0.717, 1.165) is 0 Å². The minimum Gasteiger partial charge on any atom is -0.377 e. The molecule has 3 heteroatoms. The van der Waals surface area contributed by atoms with Crippen molar-refractivity contribution in [3.63, 3.8) is 0 Å². The van der Waals surface area contributed by atoms with Crippen LogP contribution in [0.15, 0.2) is 0 Å². The summed E-state index contributed by atoms with van der Waals surface area (Å²) in [5, 5.41) is 0. The molecule has 1 aliphatic rings. The highest BCUT2D eigenvalue weighted by Crippen LogP contribution is 2.20. The molecule has 1 atom stereocenters. The lowest BCUT2D eigenvalue weighted by Crippen LogP contribution is -2.32. The van der Waals surface area contributed by atoms with E-state index in [1.807, 2.05) is 6.92 Å². The largest absolute Gasteiger partial charge is 0.377 e. The summed E-state index contributed by atoms with van der Waals surface area (Å²) in [5.41, 5.74) is 0. The minimum atomic E-state index is -0.0121. The van der Waals surface area contributed by atoms with Gasteiger partial charge in [-0.3, -0.25) is 4.79 Å². The second kappa shape index (κ2) is 6.11. The average molecular weight is 213 g/mol. The monoisotopic (exact) mass is 213 g/mol. The second-order valence-corrected chi connectivity index (χ2v) is 4.73. The van der Waals surface area contributed by atoms with Gasteiger partial charge in [-0.2, -0.15) is 0 Å². The van der Waals surface area contributed by atoms with Crippen LogP contribution < -0.4 is 0 Å². The second-order valence-electron chi connectivity index (χ2n) is 4.73. The normalized spacial score (nSPS) is 19.9. The minimum absolute atomic E-state index is 0.0121. The number of hydrogen-bond donors (Lipinski definition) is 0. The van der Waals surface area contributed by atoms with Crippen LogP contribution in [0.5, 0.6) is 0 Å². The summed E-state index contributed by atoms with van der Waals surface area (Å²) in [5.74, 6) is 0.146. The molecule has 0 heterocycles. The number of nitrogens with zero attached hydrogens (tertiary/aromatic N) is 1. The fourth-order valence-corrected chi connectivity index (χ4v) is 2.02. The fourth-order valence-electron chi connectivity index (χ4n) is 2.02. The summed E-state index contributed by atoms with van der Waals surface area (Å²) in [4.78, 5) is 13.2. The van der Waals surface area contributed by atoms with E-state index < -0.39 is 0 Å². The van der Waals surface area contributed by atoms with E-state index in [4.69, 9.17) is 4.74 Å². The van der Waals surface area contributed by atoms with Gasteiger partial charge in [0.15, 0.2) is 0 Å². The molecule has 1 fully saturated rings. The van der Waals surface area contributed by atoms with Crippen LogP contribution in [-0.4, -0.2) is 37.6 Å². The summed E-state index contributed by atoms with van der Waals surface area (Å²) in [6, 6.07) is 0. The van der Waals surface area contributed by atoms with E-state index in [2.05, 4.69) is 0 Å². The lowest BCUT2D eigenvalue weighted by atomic mass is 9.98. The van der Waals surface area contributed by atoms with Crippen LogP contribution in [0.25, 0.3) is 0 Å². The maximum atomic E-state index is 11.6. The topological polar surface area (TPSA) is 29.5 Å². The molecule has 1 unspecified atom stereocenters. The highest BCUT2D eigenvalue weighted by Gasteiger charge is 2.19. The number of rotatable bonds is 4. The van der Waals surface area contributed by atoms with Gasteiger partial charge < -0.3 is 9.64 Å². The molecule has 0 bridgehead atoms. The zero-order valence-electron chi connectivity index (χ0n) is 10.2. The van der Waals surface area contributed by atoms with Crippen LogP contribution >= 0.6 is 0 Å². The van der Waals surface area contributed by atoms with Crippen molar-refractivity contribution >= 4 is 5.91 Å². The molecule has 1 saturated carbocycles. The lowest BCUT2D eigenvalue weighted by molar-refractivity contribution is -0.135. The molecule has 0 aromatic rings. The lowest BCUT2D eigenvalue weighted by Gasteiger charge is -2.24. The van der Waals surface area contributed by atoms with Crippen molar-refractivity contribution in [1.82, 2.24) is 4.90 Å². The van der Waals surface area contributed by atoms with E-state index in [9.17, 15) is 4.79 Å². The van der Waals surface area contributed by atoms with Crippen molar-refractivity contribution in [3.8, 4) is 0 Å². The first kappa shape index (κ1) is 12.5. The molecule has 0 aliphatic heterocycles. The van der Waals surface area contributed by atoms with Gasteiger partial charge in [0.1, 0.15) is 0 Å². The summed E-state index contributed by atoms with van der Waals surface area (Å²) in [6.45, 7) is 2.51. The Balaban J connectivity index is 2.20. The maximum absolute atomic E-state index is 11.6. The van der Waals surface area contributed by atoms with E-state index in [1.54, 1.807) is 19.0 Å². The predicted octanol–water partition coefficient (Wildman–Crippen LogP) is 2.06. The number of hydrogen-bond acceptors (Lipinski definition) is 2. The van der Waals surface area contributed by atoms with Gasteiger partial charge in [0, 0.05) is 14.1 Å². The van der Waals surface area contributed by atoms with Gasteiger partial charge >= 0.3 is 0 Å². The molecular weight excluding hydrogens is 190 g/mol. The van der Waals surface area contributed by atoms with Gasteiger partial charge in [-0.05, 0) is 12.8 Å². The van der Waals surface area contributed by atoms with Crippen LogP contribution in [0.4, 0.5) is 0 Å². The summed E-state index contributed by atoms with van der Waals surface area (Å²) < 4.78 is 5.77. The quantitative estimate of drug-likeness (QED) is 0.715. The van der Waals surface area contributed by atoms with Crippen LogP contribution in [0, 0.1) is 5.92 Å². The molecular formula is C12H23NO2. The van der Waals surface area contributed by atoms with Crippen molar-refractivity contribution in [2.24, 2.45) is 5.92 Å². The van der Waals surface area contributed by atoms with Gasteiger partial charge in [-0.1, -0.05) is 26.2 Å². The molecule has 0 radical (unpaired) electrons. The van der Waals surface area contributed by atoms with Crippen molar-refractivity contribution in [3.05, 3.63) is 0 Å². The molecule has 1 aliphatic carbocycles. The third-order valence-corrected chi connectivity index (χ3v) is 3.00. The molecule has 3 nitrogen and oxygen atoms in total. The highest BCUT2D eigenvalue weighted by molar-refractivity contribution is 5.77. The Hall–Kier alpha value is -0.570. The molecule has 0 saturated heterocycles. The first-order valence-corrected chi connectivity index (χ1v) is 5.94. The van der Waals surface area contributed by atoms with Crippen molar-refractivity contribution in [2.75, 3.05) is 20.7 Å². The molecule has 15 heavy (non-hydrogen) atoms. The summed E-state index contributed by atoms with van der Waals surface area (Å²) >= 11 is 0. The van der Waals surface area contributed by atoms with Crippen molar-refractivity contribution in [2.45, 2.75) is 45.1 Å². The zero-order chi connectivity index (χ0) is 11.3. The van der Waals surface area contributed by atoms with E-state index >= 15 is 0 Å². The number of ether oxygens (including phenoxy) is 1.